The van der Waals surface area contributed by atoms with Gasteiger partial charge in [0, 0.05) is 12.1 Å². The molecule has 0 radical (unpaired) electrons. The maximum atomic E-state index is 12.1. The van der Waals surface area contributed by atoms with Crippen molar-refractivity contribution in [1.29, 1.82) is 0 Å². The Labute approximate surface area is 130 Å². The minimum absolute atomic E-state index is 0.0583. The summed E-state index contributed by atoms with van der Waals surface area (Å²) in [6, 6.07) is 5.21. The van der Waals surface area contributed by atoms with Crippen molar-refractivity contribution < 1.29 is 4.79 Å². The summed E-state index contributed by atoms with van der Waals surface area (Å²) in [7, 11) is 0. The summed E-state index contributed by atoms with van der Waals surface area (Å²) < 4.78 is 0. The molecule has 0 fully saturated rings. The molecule has 0 spiro atoms. The third-order valence-corrected chi connectivity index (χ3v) is 3.84. The molecule has 1 rings (SSSR count). The second kappa shape index (κ2) is 7.30. The summed E-state index contributed by atoms with van der Waals surface area (Å²) in [4.78, 5) is 12.1. The van der Waals surface area contributed by atoms with Gasteiger partial charge in [-0.05, 0) is 37.0 Å². The van der Waals surface area contributed by atoms with E-state index < -0.39 is 0 Å². The van der Waals surface area contributed by atoms with Gasteiger partial charge in [-0.1, -0.05) is 43.1 Å². The van der Waals surface area contributed by atoms with Gasteiger partial charge in [0.2, 0.25) is 5.91 Å². The van der Waals surface area contributed by atoms with Crippen molar-refractivity contribution in [2.45, 2.75) is 39.2 Å². The van der Waals surface area contributed by atoms with Gasteiger partial charge < -0.3 is 11.1 Å². The van der Waals surface area contributed by atoms with Crippen LogP contribution >= 0.6 is 23.2 Å². The van der Waals surface area contributed by atoms with Crippen molar-refractivity contribution in [1.82, 2.24) is 5.32 Å². The van der Waals surface area contributed by atoms with Crippen LogP contribution in [0.3, 0.4) is 0 Å². The summed E-state index contributed by atoms with van der Waals surface area (Å²) in [5.41, 5.74) is 6.25. The molecule has 0 saturated heterocycles. The van der Waals surface area contributed by atoms with Crippen LogP contribution in [0.4, 0.5) is 0 Å². The molecule has 0 aliphatic rings. The molecule has 0 bridgehead atoms. The zero-order valence-corrected chi connectivity index (χ0v) is 13.7. The first-order valence-corrected chi connectivity index (χ1v) is 7.46. The fraction of sp³-hybridized carbons (Fsp3) is 0.533. The molecule has 1 amide bonds. The Kier molecular flexibility index (Phi) is 6.31. The summed E-state index contributed by atoms with van der Waals surface area (Å²) in [5, 5.41) is 3.96. The van der Waals surface area contributed by atoms with Gasteiger partial charge in [-0.3, -0.25) is 4.79 Å². The van der Waals surface area contributed by atoms with Crippen LogP contribution in [0.15, 0.2) is 18.2 Å². The van der Waals surface area contributed by atoms with E-state index in [1.807, 2.05) is 6.92 Å². The van der Waals surface area contributed by atoms with Crippen LogP contribution in [-0.4, -0.2) is 18.0 Å². The molecule has 1 atom stereocenters. The van der Waals surface area contributed by atoms with Gasteiger partial charge in [0.15, 0.2) is 0 Å². The van der Waals surface area contributed by atoms with Crippen molar-refractivity contribution in [3.05, 3.63) is 33.8 Å². The Balaban J connectivity index is 2.68. The smallest absolute Gasteiger partial charge is 0.224 e. The average molecular weight is 317 g/mol. The van der Waals surface area contributed by atoms with E-state index in [1.54, 1.807) is 18.2 Å². The van der Waals surface area contributed by atoms with Crippen molar-refractivity contribution in [2.24, 2.45) is 11.7 Å². The van der Waals surface area contributed by atoms with Crippen molar-refractivity contribution in [3.8, 4) is 0 Å². The van der Waals surface area contributed by atoms with E-state index in [4.69, 9.17) is 28.9 Å². The molecule has 1 unspecified atom stereocenters. The highest BCUT2D eigenvalue weighted by Crippen LogP contribution is 2.23. The monoisotopic (exact) mass is 316 g/mol. The topological polar surface area (TPSA) is 55.1 Å². The number of halogens is 2. The highest BCUT2D eigenvalue weighted by Gasteiger charge is 2.25. The number of carbonyl (C=O) groups excluding carboxylic acids is 1. The second-order valence-corrected chi connectivity index (χ2v) is 6.65. The summed E-state index contributed by atoms with van der Waals surface area (Å²) >= 11 is 11.8. The highest BCUT2D eigenvalue weighted by molar-refractivity contribution is 6.42. The number of carbonyl (C=O) groups is 1. The molecule has 1 aromatic rings. The van der Waals surface area contributed by atoms with Crippen LogP contribution in [0.5, 0.6) is 0 Å². The molecule has 0 aliphatic heterocycles. The normalized spacial score (nSPS) is 14.2. The van der Waals surface area contributed by atoms with Gasteiger partial charge >= 0.3 is 0 Å². The summed E-state index contributed by atoms with van der Waals surface area (Å²) in [5.74, 6) is 0.408. The predicted molar refractivity (Wildman–Crippen MR) is 85.2 cm³/mol. The molecular formula is C15H22Cl2N2O. The van der Waals surface area contributed by atoms with Gasteiger partial charge in [0.25, 0.3) is 0 Å². The lowest BCUT2D eigenvalue weighted by Gasteiger charge is -2.31. The third kappa shape index (κ3) is 5.31. The predicted octanol–water partition coefficient (Wildman–Crippen LogP) is 3.42. The first-order valence-electron chi connectivity index (χ1n) is 6.71. The van der Waals surface area contributed by atoms with E-state index in [0.29, 0.717) is 22.5 Å². The van der Waals surface area contributed by atoms with E-state index in [-0.39, 0.29) is 17.9 Å². The third-order valence-electron chi connectivity index (χ3n) is 3.10. The Bertz CT molecular complexity index is 477. The minimum Gasteiger partial charge on any atom is -0.349 e. The van der Waals surface area contributed by atoms with Crippen molar-refractivity contribution >= 4 is 29.1 Å². The summed E-state index contributed by atoms with van der Waals surface area (Å²) in [6.07, 6.45) is 1.11. The van der Waals surface area contributed by atoms with Crippen LogP contribution in [-0.2, 0) is 11.2 Å². The zero-order valence-electron chi connectivity index (χ0n) is 12.2. The molecule has 20 heavy (non-hydrogen) atoms. The Hall–Kier alpha value is -0.770. The largest absolute Gasteiger partial charge is 0.349 e. The average Bonchev–Trinajstić information content (AvgIpc) is 2.32. The first kappa shape index (κ1) is 17.3. The van der Waals surface area contributed by atoms with Gasteiger partial charge in [0.1, 0.15) is 0 Å². The second-order valence-electron chi connectivity index (χ2n) is 5.84. The Morgan fingerprint density at radius 2 is 2.00 bits per heavy atom. The molecule has 0 saturated carbocycles. The fourth-order valence-corrected chi connectivity index (χ4v) is 2.62. The molecule has 5 heteroatoms. The number of hydrogen-bond acceptors (Lipinski definition) is 2. The maximum Gasteiger partial charge on any atom is 0.224 e. The number of hydrogen-bond donors (Lipinski definition) is 2. The van der Waals surface area contributed by atoms with Crippen LogP contribution in [0.1, 0.15) is 32.8 Å². The molecular weight excluding hydrogens is 295 g/mol. The first-order chi connectivity index (χ1) is 9.25. The SMILES string of the molecule is CC(C)CC(C)(CN)NC(=O)Cc1ccc(Cl)c(Cl)c1. The van der Waals surface area contributed by atoms with Crippen LogP contribution in [0.2, 0.25) is 10.0 Å². The molecule has 3 N–H and O–H groups in total. The quantitative estimate of drug-likeness (QED) is 0.845. The lowest BCUT2D eigenvalue weighted by molar-refractivity contribution is -0.122. The lowest BCUT2D eigenvalue weighted by atomic mass is 9.90. The fourth-order valence-electron chi connectivity index (χ4n) is 2.30. The molecule has 1 aromatic carbocycles. The Morgan fingerprint density at radius 3 is 2.50 bits per heavy atom. The number of amides is 1. The number of nitrogens with two attached hydrogens (primary N) is 1. The van der Waals surface area contributed by atoms with Gasteiger partial charge in [0.05, 0.1) is 16.5 Å². The molecule has 0 aromatic heterocycles. The van der Waals surface area contributed by atoms with Crippen LogP contribution < -0.4 is 11.1 Å². The molecule has 112 valence electrons. The molecule has 0 heterocycles. The standard InChI is InChI=1S/C15H22Cl2N2O/c1-10(2)8-15(3,9-18)19-14(20)7-11-4-5-12(16)13(17)6-11/h4-6,10H,7-9,18H2,1-3H3,(H,19,20). The van der Waals surface area contributed by atoms with Gasteiger partial charge in [-0.2, -0.15) is 0 Å². The van der Waals surface area contributed by atoms with Crippen molar-refractivity contribution in [2.75, 3.05) is 6.54 Å². The van der Waals surface area contributed by atoms with E-state index >= 15 is 0 Å². The Morgan fingerprint density at radius 1 is 1.35 bits per heavy atom. The minimum atomic E-state index is -0.374. The zero-order chi connectivity index (χ0) is 15.3. The van der Waals surface area contributed by atoms with Crippen LogP contribution in [0.25, 0.3) is 0 Å². The summed E-state index contributed by atoms with van der Waals surface area (Å²) in [6.45, 7) is 6.61. The molecule has 3 nitrogen and oxygen atoms in total. The highest BCUT2D eigenvalue weighted by atomic mass is 35.5. The van der Waals surface area contributed by atoms with Gasteiger partial charge in [-0.15, -0.1) is 0 Å². The van der Waals surface area contributed by atoms with Crippen molar-refractivity contribution in [3.63, 3.8) is 0 Å². The number of rotatable bonds is 6. The van der Waals surface area contributed by atoms with E-state index in [2.05, 4.69) is 19.2 Å². The van der Waals surface area contributed by atoms with E-state index in [0.717, 1.165) is 12.0 Å². The van der Waals surface area contributed by atoms with E-state index in [1.165, 1.54) is 0 Å². The molecule has 0 aliphatic carbocycles. The van der Waals surface area contributed by atoms with Crippen LogP contribution in [0, 0.1) is 5.92 Å². The number of benzene rings is 1. The maximum absolute atomic E-state index is 12.1. The van der Waals surface area contributed by atoms with E-state index in [9.17, 15) is 4.79 Å². The lowest BCUT2D eigenvalue weighted by Crippen LogP contribution is -2.52. The van der Waals surface area contributed by atoms with Gasteiger partial charge in [-0.25, -0.2) is 0 Å². The number of nitrogens with one attached hydrogen (secondary N) is 1.